The fourth-order valence-electron chi connectivity index (χ4n) is 1.79. The third-order valence-corrected chi connectivity index (χ3v) is 2.76. The lowest BCUT2D eigenvalue weighted by Gasteiger charge is -2.07. The summed E-state index contributed by atoms with van der Waals surface area (Å²) in [6.07, 6.45) is 1.58. The zero-order valence-electron chi connectivity index (χ0n) is 11.3. The minimum absolute atomic E-state index is 0.142. The third kappa shape index (κ3) is 3.19. The van der Waals surface area contributed by atoms with E-state index >= 15 is 0 Å². The fraction of sp³-hybridized carbons (Fsp3) is 0.214. The number of hydrogen-bond acceptors (Lipinski definition) is 6. The van der Waals surface area contributed by atoms with Crippen molar-refractivity contribution in [2.45, 2.75) is 6.92 Å². The van der Waals surface area contributed by atoms with Gasteiger partial charge in [-0.2, -0.15) is 0 Å². The number of ether oxygens (including phenoxy) is 3. The molecule has 108 valence electrons. The number of benzene rings is 1. The Morgan fingerprint density at radius 1 is 1.33 bits per heavy atom. The van der Waals surface area contributed by atoms with Gasteiger partial charge in [-0.3, -0.25) is 10.1 Å². The van der Waals surface area contributed by atoms with E-state index in [0.29, 0.717) is 17.2 Å². The van der Waals surface area contributed by atoms with Gasteiger partial charge in [0.2, 0.25) is 12.7 Å². The van der Waals surface area contributed by atoms with Crippen molar-refractivity contribution in [2.75, 3.05) is 18.7 Å². The minimum atomic E-state index is -0.335. The highest BCUT2D eigenvalue weighted by Gasteiger charge is 2.14. The van der Waals surface area contributed by atoms with E-state index in [4.69, 9.17) is 14.2 Å². The monoisotopic (exact) mass is 287 g/mol. The lowest BCUT2D eigenvalue weighted by molar-refractivity contribution is -0.118. The van der Waals surface area contributed by atoms with Gasteiger partial charge in [0.05, 0.1) is 0 Å². The second-order valence-corrected chi connectivity index (χ2v) is 4.37. The van der Waals surface area contributed by atoms with Crippen LogP contribution in [0.1, 0.15) is 5.69 Å². The molecule has 0 aliphatic carbocycles. The van der Waals surface area contributed by atoms with Gasteiger partial charge in [-0.05, 0) is 25.1 Å². The lowest BCUT2D eigenvalue weighted by atomic mass is 10.3. The van der Waals surface area contributed by atoms with Crippen LogP contribution in [0.15, 0.2) is 30.5 Å². The Morgan fingerprint density at radius 3 is 3.05 bits per heavy atom. The molecule has 2 aromatic rings. The number of carbonyl (C=O) groups is 1. The van der Waals surface area contributed by atoms with Gasteiger partial charge in [-0.25, -0.2) is 9.97 Å². The van der Waals surface area contributed by atoms with Crippen molar-refractivity contribution in [3.8, 4) is 17.2 Å². The first kappa shape index (κ1) is 13.2. The topological polar surface area (TPSA) is 82.6 Å². The first-order valence-electron chi connectivity index (χ1n) is 6.33. The molecule has 0 atom stereocenters. The molecule has 1 aromatic heterocycles. The maximum Gasteiger partial charge on any atom is 0.264 e. The molecule has 1 N–H and O–H groups in total. The summed E-state index contributed by atoms with van der Waals surface area (Å²) >= 11 is 0. The molecule has 0 fully saturated rings. The Hall–Kier alpha value is -2.83. The molecule has 2 heterocycles. The lowest BCUT2D eigenvalue weighted by Crippen LogP contribution is -2.21. The summed E-state index contributed by atoms with van der Waals surface area (Å²) in [5.74, 6) is 1.72. The minimum Gasteiger partial charge on any atom is -0.484 e. The Bertz CT molecular complexity index is 675. The number of nitrogens with one attached hydrogen (secondary N) is 1. The van der Waals surface area contributed by atoms with Crippen molar-refractivity contribution < 1.29 is 19.0 Å². The predicted molar refractivity (Wildman–Crippen MR) is 73.5 cm³/mol. The van der Waals surface area contributed by atoms with Gasteiger partial charge in [0.25, 0.3) is 5.91 Å². The summed E-state index contributed by atoms with van der Waals surface area (Å²) in [6, 6.07) is 6.88. The van der Waals surface area contributed by atoms with E-state index in [-0.39, 0.29) is 25.3 Å². The highest BCUT2D eigenvalue weighted by Crippen LogP contribution is 2.34. The van der Waals surface area contributed by atoms with Crippen LogP contribution in [0.2, 0.25) is 0 Å². The van der Waals surface area contributed by atoms with E-state index in [2.05, 4.69) is 15.3 Å². The Kier molecular flexibility index (Phi) is 3.55. The highest BCUT2D eigenvalue weighted by molar-refractivity contribution is 5.90. The molecule has 0 saturated heterocycles. The molecule has 0 saturated carbocycles. The van der Waals surface area contributed by atoms with Crippen LogP contribution >= 0.6 is 0 Å². The van der Waals surface area contributed by atoms with E-state index in [1.165, 1.54) is 0 Å². The predicted octanol–water partition coefficient (Wildman–Crippen LogP) is 1.53. The Labute approximate surface area is 120 Å². The second kappa shape index (κ2) is 5.66. The van der Waals surface area contributed by atoms with E-state index in [1.54, 1.807) is 30.5 Å². The summed E-state index contributed by atoms with van der Waals surface area (Å²) in [5, 5.41) is 2.56. The molecule has 1 aliphatic rings. The standard InChI is InChI=1S/C14H13N3O4/c1-9-4-5-15-14(16-9)17-13(18)7-19-10-2-3-11-12(6-10)21-8-20-11/h2-6H,7-8H2,1H3,(H,15,16,17,18). The average molecular weight is 287 g/mol. The highest BCUT2D eigenvalue weighted by atomic mass is 16.7. The van der Waals surface area contributed by atoms with Gasteiger partial charge in [0.15, 0.2) is 18.1 Å². The number of nitrogens with zero attached hydrogens (tertiary/aromatic N) is 2. The van der Waals surface area contributed by atoms with Gasteiger partial charge in [-0.1, -0.05) is 0 Å². The molecule has 7 nitrogen and oxygen atoms in total. The maximum atomic E-state index is 11.8. The van der Waals surface area contributed by atoms with Gasteiger partial charge in [0, 0.05) is 18.0 Å². The van der Waals surface area contributed by atoms with Crippen LogP contribution in [0.5, 0.6) is 17.2 Å². The second-order valence-electron chi connectivity index (χ2n) is 4.37. The van der Waals surface area contributed by atoms with Crippen molar-refractivity contribution in [3.63, 3.8) is 0 Å². The summed E-state index contributed by atoms with van der Waals surface area (Å²) in [7, 11) is 0. The molecule has 1 amide bonds. The van der Waals surface area contributed by atoms with Crippen LogP contribution in [-0.4, -0.2) is 29.3 Å². The number of aromatic nitrogens is 2. The first-order chi connectivity index (χ1) is 10.2. The molecule has 1 aromatic carbocycles. The molecule has 21 heavy (non-hydrogen) atoms. The van der Waals surface area contributed by atoms with Crippen LogP contribution in [0, 0.1) is 6.92 Å². The number of aryl methyl sites for hydroxylation is 1. The number of fused-ring (bicyclic) bond motifs is 1. The van der Waals surface area contributed by atoms with Crippen LogP contribution in [-0.2, 0) is 4.79 Å². The van der Waals surface area contributed by atoms with E-state index in [9.17, 15) is 4.79 Å². The summed E-state index contributed by atoms with van der Waals surface area (Å²) in [6.45, 7) is 1.88. The molecular weight excluding hydrogens is 274 g/mol. The summed E-state index contributed by atoms with van der Waals surface area (Å²) in [5.41, 5.74) is 0.775. The number of anilines is 1. The number of amides is 1. The molecular formula is C14H13N3O4. The SMILES string of the molecule is Cc1ccnc(NC(=O)COc2ccc3c(c2)OCO3)n1. The van der Waals surface area contributed by atoms with Crippen molar-refractivity contribution in [1.29, 1.82) is 0 Å². The van der Waals surface area contributed by atoms with Gasteiger partial charge in [-0.15, -0.1) is 0 Å². The molecule has 3 rings (SSSR count). The van der Waals surface area contributed by atoms with Crippen molar-refractivity contribution in [1.82, 2.24) is 9.97 Å². The smallest absolute Gasteiger partial charge is 0.264 e. The molecule has 7 heteroatoms. The van der Waals surface area contributed by atoms with Gasteiger partial charge in [0.1, 0.15) is 5.75 Å². The number of rotatable bonds is 4. The van der Waals surface area contributed by atoms with Crippen LogP contribution in [0.25, 0.3) is 0 Å². The molecule has 1 aliphatic heterocycles. The first-order valence-corrected chi connectivity index (χ1v) is 6.33. The molecule has 0 unspecified atom stereocenters. The molecule has 0 bridgehead atoms. The van der Waals surface area contributed by atoms with Crippen molar-refractivity contribution >= 4 is 11.9 Å². The molecule has 0 spiro atoms. The maximum absolute atomic E-state index is 11.8. The van der Waals surface area contributed by atoms with Gasteiger partial charge >= 0.3 is 0 Å². The van der Waals surface area contributed by atoms with E-state index in [1.807, 2.05) is 6.92 Å². The average Bonchev–Trinajstić information content (AvgIpc) is 2.92. The van der Waals surface area contributed by atoms with Gasteiger partial charge < -0.3 is 14.2 Å². The number of hydrogen-bond donors (Lipinski definition) is 1. The van der Waals surface area contributed by atoms with Crippen molar-refractivity contribution in [3.05, 3.63) is 36.2 Å². The van der Waals surface area contributed by atoms with Crippen molar-refractivity contribution in [2.24, 2.45) is 0 Å². The normalized spacial score (nSPS) is 12.0. The Morgan fingerprint density at radius 2 is 2.19 bits per heavy atom. The van der Waals surface area contributed by atoms with E-state index in [0.717, 1.165) is 5.69 Å². The largest absolute Gasteiger partial charge is 0.484 e. The molecule has 0 radical (unpaired) electrons. The quantitative estimate of drug-likeness (QED) is 0.918. The van der Waals surface area contributed by atoms with Crippen LogP contribution in [0.3, 0.4) is 0 Å². The Balaban J connectivity index is 1.56. The van der Waals surface area contributed by atoms with E-state index < -0.39 is 0 Å². The van der Waals surface area contributed by atoms with Crippen LogP contribution in [0.4, 0.5) is 5.95 Å². The summed E-state index contributed by atoms with van der Waals surface area (Å²) < 4.78 is 15.8. The summed E-state index contributed by atoms with van der Waals surface area (Å²) in [4.78, 5) is 19.8. The zero-order chi connectivity index (χ0) is 14.7. The fourth-order valence-corrected chi connectivity index (χ4v) is 1.79. The third-order valence-electron chi connectivity index (χ3n) is 2.76. The van der Waals surface area contributed by atoms with Crippen LogP contribution < -0.4 is 19.5 Å². The zero-order valence-corrected chi connectivity index (χ0v) is 11.3. The number of carbonyl (C=O) groups excluding carboxylic acids is 1.